The molecule has 0 aliphatic carbocycles. The molecule has 0 radical (unpaired) electrons. The molecule has 0 aliphatic heterocycles. The number of carbonyl (C=O) groups is 1. The molecule has 0 spiro atoms. The van der Waals surface area contributed by atoms with E-state index < -0.39 is 29.3 Å². The van der Waals surface area contributed by atoms with Crippen LogP contribution in [-0.2, 0) is 11.3 Å². The summed E-state index contributed by atoms with van der Waals surface area (Å²) < 4.78 is 6.57. The van der Waals surface area contributed by atoms with E-state index in [9.17, 15) is 20.0 Å². The zero-order valence-corrected chi connectivity index (χ0v) is 20.8. The van der Waals surface area contributed by atoms with E-state index in [0.29, 0.717) is 25.3 Å². The topological polar surface area (TPSA) is 106 Å². The molecule has 8 nitrogen and oxygen atoms in total. The first-order valence-corrected chi connectivity index (χ1v) is 11.9. The monoisotopic (exact) mass is 547 g/mol. The number of aliphatic hydroxyl groups is 1. The van der Waals surface area contributed by atoms with Crippen LogP contribution in [0.25, 0.3) is 10.2 Å². The third kappa shape index (κ3) is 5.72. The van der Waals surface area contributed by atoms with E-state index in [4.69, 9.17) is 16.3 Å². The highest BCUT2D eigenvalue weighted by atomic mass is 79.9. The lowest BCUT2D eigenvalue weighted by Crippen LogP contribution is -2.36. The molecule has 1 amide bonds. The fourth-order valence-corrected chi connectivity index (χ4v) is 5.71. The number of aromatic nitrogens is 1. The highest BCUT2D eigenvalue weighted by molar-refractivity contribution is 9.10. The van der Waals surface area contributed by atoms with E-state index >= 15 is 0 Å². The van der Waals surface area contributed by atoms with Crippen molar-refractivity contribution in [2.45, 2.75) is 39.0 Å². The van der Waals surface area contributed by atoms with Gasteiger partial charge in [0, 0.05) is 15.9 Å². The van der Waals surface area contributed by atoms with Crippen molar-refractivity contribution in [2.24, 2.45) is 0 Å². The van der Waals surface area contributed by atoms with Gasteiger partial charge in [-0.1, -0.05) is 17.7 Å². The third-order valence-electron chi connectivity index (χ3n) is 3.98. The zero-order chi connectivity index (χ0) is 22.9. The number of halogens is 2. The minimum atomic E-state index is -1.33. The van der Waals surface area contributed by atoms with Gasteiger partial charge >= 0.3 is 6.09 Å². The van der Waals surface area contributed by atoms with Crippen molar-refractivity contribution in [2.75, 3.05) is 11.4 Å². The van der Waals surface area contributed by atoms with Crippen LogP contribution in [0.4, 0.5) is 10.5 Å². The fourth-order valence-electron chi connectivity index (χ4n) is 2.77. The van der Waals surface area contributed by atoms with Gasteiger partial charge < -0.3 is 9.84 Å². The van der Waals surface area contributed by atoms with Gasteiger partial charge in [0.2, 0.25) is 6.54 Å². The van der Waals surface area contributed by atoms with Gasteiger partial charge in [-0.05, 0) is 48.1 Å². The summed E-state index contributed by atoms with van der Waals surface area (Å²) in [5.41, 5.74) is 0.136. The summed E-state index contributed by atoms with van der Waals surface area (Å²) in [6, 6.07) is 5.34. The molecule has 3 heterocycles. The van der Waals surface area contributed by atoms with Gasteiger partial charge in [0.25, 0.3) is 0 Å². The van der Waals surface area contributed by atoms with E-state index in [-0.39, 0.29) is 11.7 Å². The molecule has 166 valence electrons. The molecule has 3 aromatic heterocycles. The molecular weight excluding hydrogens is 530 g/mol. The highest BCUT2D eigenvalue weighted by Crippen LogP contribution is 2.44. The van der Waals surface area contributed by atoms with Crippen molar-refractivity contribution in [1.82, 2.24) is 4.98 Å². The number of carbonyl (C=O) groups excluding carboxylic acids is 1. The number of fused-ring (bicyclic) bond motifs is 1. The van der Waals surface area contributed by atoms with Crippen molar-refractivity contribution in [3.05, 3.63) is 53.1 Å². The Kier molecular flexibility index (Phi) is 7.21. The summed E-state index contributed by atoms with van der Waals surface area (Å²) in [6.45, 7) is 4.91. The lowest BCUT2D eigenvalue weighted by Gasteiger charge is -2.27. The van der Waals surface area contributed by atoms with Crippen molar-refractivity contribution in [3.8, 4) is 0 Å². The van der Waals surface area contributed by atoms with Gasteiger partial charge in [0.15, 0.2) is 6.10 Å². The summed E-state index contributed by atoms with van der Waals surface area (Å²) >= 11 is 12.2. The van der Waals surface area contributed by atoms with Crippen molar-refractivity contribution < 1.29 is 19.6 Å². The quantitative estimate of drug-likeness (QED) is 0.229. The molecule has 3 rings (SSSR count). The first kappa shape index (κ1) is 23.9. The number of thiophene rings is 2. The first-order valence-electron chi connectivity index (χ1n) is 9.07. The number of nitrogens with zero attached hydrogens (tertiary/aromatic N) is 3. The van der Waals surface area contributed by atoms with Crippen molar-refractivity contribution >= 4 is 72.2 Å². The van der Waals surface area contributed by atoms with Crippen LogP contribution in [0.15, 0.2) is 28.1 Å². The molecule has 0 fully saturated rings. The lowest BCUT2D eigenvalue weighted by molar-refractivity contribution is -0.491. The Balaban J connectivity index is 2.15. The molecule has 0 bridgehead atoms. The summed E-state index contributed by atoms with van der Waals surface area (Å²) in [5.74, 6) is 0. The third-order valence-corrected chi connectivity index (χ3v) is 7.40. The number of aliphatic hydroxyl groups excluding tert-OH is 1. The summed E-state index contributed by atoms with van der Waals surface area (Å²) in [7, 11) is 0. The van der Waals surface area contributed by atoms with Crippen LogP contribution >= 0.6 is 50.2 Å². The fraction of sp³-hybridized carbons (Fsp3) is 0.368. The standard InChI is InChI=1S/C19H19BrClN3O5S2/c1-19(2,3)29-18(26)23(8-10-5-4-6-30-10)11-7-13(21)22-15-14(20)17(31-16(11)15)12(25)9-24(27)28/h4-7,12,25H,8-9H2,1-3H3. The van der Waals surface area contributed by atoms with E-state index in [1.165, 1.54) is 16.2 Å². The Hall–Kier alpha value is -1.79. The van der Waals surface area contributed by atoms with E-state index in [1.807, 2.05) is 17.5 Å². The van der Waals surface area contributed by atoms with Gasteiger partial charge in [0.1, 0.15) is 10.8 Å². The Morgan fingerprint density at radius 2 is 2.19 bits per heavy atom. The summed E-state index contributed by atoms with van der Waals surface area (Å²) in [4.78, 5) is 30.4. The number of ether oxygens (including phenoxy) is 1. The van der Waals surface area contributed by atoms with Crippen molar-refractivity contribution in [1.29, 1.82) is 0 Å². The van der Waals surface area contributed by atoms with Gasteiger partial charge in [-0.15, -0.1) is 22.7 Å². The van der Waals surface area contributed by atoms with Crippen LogP contribution in [-0.4, -0.2) is 33.3 Å². The van der Waals surface area contributed by atoms with Crippen LogP contribution in [0.1, 0.15) is 36.6 Å². The SMILES string of the molecule is CC(C)(C)OC(=O)N(Cc1cccs1)c1cc(Cl)nc2c(Br)c(C(O)C[N+](=O)[O-])sc12. The maximum atomic E-state index is 13.1. The molecule has 1 N–H and O–H groups in total. The van der Waals surface area contributed by atoms with Gasteiger partial charge in [-0.3, -0.25) is 15.0 Å². The molecule has 0 aliphatic rings. The molecule has 3 aromatic rings. The second-order valence-corrected chi connectivity index (χ2v) is 10.9. The van der Waals surface area contributed by atoms with Crippen LogP contribution < -0.4 is 4.90 Å². The predicted octanol–water partition coefficient (Wildman–Crippen LogP) is 6.03. The Labute approximate surface area is 199 Å². The number of hydrogen-bond donors (Lipinski definition) is 1. The van der Waals surface area contributed by atoms with E-state index in [0.717, 1.165) is 16.2 Å². The maximum absolute atomic E-state index is 13.1. The molecule has 0 saturated heterocycles. The van der Waals surface area contributed by atoms with Crippen LogP contribution in [0, 0.1) is 10.1 Å². The smallest absolute Gasteiger partial charge is 0.415 e. The van der Waals surface area contributed by atoms with Crippen LogP contribution in [0.5, 0.6) is 0 Å². The average molecular weight is 549 g/mol. The molecular formula is C19H19BrClN3O5S2. The van der Waals surface area contributed by atoms with Gasteiger partial charge in [-0.25, -0.2) is 9.78 Å². The van der Waals surface area contributed by atoms with Crippen LogP contribution in [0.2, 0.25) is 5.15 Å². The molecule has 1 unspecified atom stereocenters. The first-order chi connectivity index (χ1) is 14.5. The molecule has 0 saturated carbocycles. The summed E-state index contributed by atoms with van der Waals surface area (Å²) in [5, 5.41) is 23.2. The lowest BCUT2D eigenvalue weighted by atomic mass is 10.2. The van der Waals surface area contributed by atoms with E-state index in [2.05, 4.69) is 20.9 Å². The maximum Gasteiger partial charge on any atom is 0.415 e. The summed E-state index contributed by atoms with van der Waals surface area (Å²) in [6.07, 6.45) is -1.90. The number of hydrogen-bond acceptors (Lipinski definition) is 8. The number of amides is 1. The van der Waals surface area contributed by atoms with Crippen molar-refractivity contribution in [3.63, 3.8) is 0 Å². The average Bonchev–Trinajstić information content (AvgIpc) is 3.25. The number of nitro groups is 1. The Bertz CT molecular complexity index is 1110. The minimum Gasteiger partial charge on any atom is -0.443 e. The van der Waals surface area contributed by atoms with Gasteiger partial charge in [-0.2, -0.15) is 0 Å². The second kappa shape index (κ2) is 9.37. The largest absolute Gasteiger partial charge is 0.443 e. The second-order valence-electron chi connectivity index (χ2n) is 7.60. The zero-order valence-electron chi connectivity index (χ0n) is 16.8. The number of rotatable bonds is 6. The molecule has 31 heavy (non-hydrogen) atoms. The number of anilines is 1. The van der Waals surface area contributed by atoms with E-state index in [1.54, 1.807) is 26.8 Å². The minimum absolute atomic E-state index is 0.135. The Morgan fingerprint density at radius 1 is 1.48 bits per heavy atom. The molecule has 0 aromatic carbocycles. The molecule has 1 atom stereocenters. The normalized spacial score (nSPS) is 12.7. The number of pyridine rings is 1. The van der Waals surface area contributed by atoms with Crippen LogP contribution in [0.3, 0.4) is 0 Å². The predicted molar refractivity (Wildman–Crippen MR) is 126 cm³/mol. The van der Waals surface area contributed by atoms with Gasteiger partial charge in [0.05, 0.1) is 31.8 Å². The highest BCUT2D eigenvalue weighted by Gasteiger charge is 2.29. The Morgan fingerprint density at radius 3 is 2.77 bits per heavy atom. The molecule has 12 heteroatoms.